The van der Waals surface area contributed by atoms with Gasteiger partial charge < -0.3 is 30.2 Å². The quantitative estimate of drug-likeness (QED) is 0.0445. The van der Waals surface area contributed by atoms with E-state index in [4.69, 9.17) is 9.47 Å². The topological polar surface area (TPSA) is 130 Å². The third-order valence-electron chi connectivity index (χ3n) is 9.52. The van der Waals surface area contributed by atoms with Crippen LogP contribution in [0.25, 0.3) is 10.9 Å². The molecule has 4 aromatic carbocycles. The fourth-order valence-corrected chi connectivity index (χ4v) is 6.60. The van der Waals surface area contributed by atoms with E-state index in [1.165, 1.54) is 0 Å². The van der Waals surface area contributed by atoms with Crippen LogP contribution >= 0.6 is 0 Å². The summed E-state index contributed by atoms with van der Waals surface area (Å²) in [5, 5.41) is 17.1. The standard InChI is InChI=1S/C46H51N3O6/c1-3-13-36(28-44(51)48-39(30-50)26-34-21-23-41(24-22-34)54-31-35-17-9-6-10-18-35)45(52)49-40(27-38-29-47-43-20-12-11-19-42(38)43)32-55-46(53)37(14-4-2)25-33-15-7-5-8-16-33/h3-12,15-24,29,36-37,39-40,47,50H,1-2,13-14,25-28,30-32H2,(H,48,51)(H,49,52). The zero-order valence-electron chi connectivity index (χ0n) is 31.2. The summed E-state index contributed by atoms with van der Waals surface area (Å²) in [5.41, 5.74) is 4.92. The minimum atomic E-state index is -0.731. The molecular weight excluding hydrogens is 691 g/mol. The van der Waals surface area contributed by atoms with Gasteiger partial charge in [0.15, 0.2) is 0 Å². The molecule has 1 heterocycles. The van der Waals surface area contributed by atoms with Crippen molar-refractivity contribution in [1.82, 2.24) is 15.6 Å². The Labute approximate surface area is 323 Å². The average molecular weight is 742 g/mol. The van der Waals surface area contributed by atoms with Crippen LogP contribution in [-0.2, 0) is 45.0 Å². The number of nitrogens with one attached hydrogen (secondary N) is 3. The number of carbonyl (C=O) groups is 3. The Morgan fingerprint density at radius 1 is 0.709 bits per heavy atom. The van der Waals surface area contributed by atoms with Crippen molar-refractivity contribution >= 4 is 28.7 Å². The molecule has 0 saturated carbocycles. The maximum atomic E-state index is 13.9. The molecule has 9 nitrogen and oxygen atoms in total. The fraction of sp³-hybridized carbons (Fsp3) is 0.283. The second-order valence-electron chi connectivity index (χ2n) is 13.8. The van der Waals surface area contributed by atoms with Gasteiger partial charge in [-0.2, -0.15) is 0 Å². The van der Waals surface area contributed by atoms with E-state index < -0.39 is 23.9 Å². The Hall–Kier alpha value is -5.93. The van der Waals surface area contributed by atoms with Crippen LogP contribution in [0, 0.1) is 11.8 Å². The summed E-state index contributed by atoms with van der Waals surface area (Å²) in [7, 11) is 0. The van der Waals surface area contributed by atoms with E-state index in [0.29, 0.717) is 32.3 Å². The maximum absolute atomic E-state index is 13.9. The number of benzene rings is 4. The first-order valence-corrected chi connectivity index (χ1v) is 18.8. The molecule has 0 aliphatic heterocycles. The normalized spacial score (nSPS) is 13.2. The number of aromatic nitrogens is 1. The van der Waals surface area contributed by atoms with Crippen molar-refractivity contribution in [3.63, 3.8) is 0 Å². The molecule has 9 heteroatoms. The molecule has 0 spiro atoms. The predicted octanol–water partition coefficient (Wildman–Crippen LogP) is 7.05. The zero-order chi connectivity index (χ0) is 38.8. The average Bonchev–Trinajstić information content (AvgIpc) is 3.62. The number of amides is 2. The van der Waals surface area contributed by atoms with Crippen LogP contribution < -0.4 is 15.4 Å². The summed E-state index contributed by atoms with van der Waals surface area (Å²) in [5.74, 6) is -1.52. The number of hydrogen-bond acceptors (Lipinski definition) is 6. The van der Waals surface area contributed by atoms with Gasteiger partial charge in [0.05, 0.1) is 30.5 Å². The van der Waals surface area contributed by atoms with E-state index in [0.717, 1.165) is 38.9 Å². The molecule has 5 aromatic rings. The van der Waals surface area contributed by atoms with E-state index in [9.17, 15) is 19.5 Å². The number of carbonyl (C=O) groups excluding carboxylic acids is 3. The fourth-order valence-electron chi connectivity index (χ4n) is 6.60. The maximum Gasteiger partial charge on any atom is 0.309 e. The number of esters is 1. The monoisotopic (exact) mass is 741 g/mol. The second-order valence-corrected chi connectivity index (χ2v) is 13.8. The molecule has 4 atom stereocenters. The third-order valence-corrected chi connectivity index (χ3v) is 9.52. The van der Waals surface area contributed by atoms with Crippen LogP contribution in [0.3, 0.4) is 0 Å². The van der Waals surface area contributed by atoms with E-state index in [2.05, 4.69) is 28.8 Å². The van der Waals surface area contributed by atoms with Gasteiger partial charge in [-0.05, 0) is 72.6 Å². The summed E-state index contributed by atoms with van der Waals surface area (Å²) in [6.45, 7) is 7.78. The highest BCUT2D eigenvalue weighted by Crippen LogP contribution is 2.21. The van der Waals surface area contributed by atoms with Crippen LogP contribution in [0.1, 0.15) is 41.5 Å². The second kappa shape index (κ2) is 21.1. The molecule has 0 bridgehead atoms. The zero-order valence-corrected chi connectivity index (χ0v) is 31.2. The Morgan fingerprint density at radius 2 is 1.35 bits per heavy atom. The van der Waals surface area contributed by atoms with E-state index in [-0.39, 0.29) is 43.8 Å². The van der Waals surface area contributed by atoms with Gasteiger partial charge in [-0.25, -0.2) is 0 Å². The molecule has 55 heavy (non-hydrogen) atoms. The van der Waals surface area contributed by atoms with Crippen molar-refractivity contribution in [1.29, 1.82) is 0 Å². The highest BCUT2D eigenvalue weighted by atomic mass is 16.5. The SMILES string of the molecule is C=CCC(CC(=O)NC(CO)Cc1ccc(OCc2ccccc2)cc1)C(=O)NC(COC(=O)C(CC=C)Cc1ccccc1)Cc1c[nH]c2ccccc12. The molecule has 5 rings (SSSR count). The van der Waals surface area contributed by atoms with Crippen LogP contribution in [0.15, 0.2) is 141 Å². The molecular formula is C46H51N3O6. The smallest absolute Gasteiger partial charge is 0.309 e. The first-order valence-electron chi connectivity index (χ1n) is 18.8. The van der Waals surface area contributed by atoms with Gasteiger partial charge in [0.1, 0.15) is 19.0 Å². The molecule has 1 aromatic heterocycles. The van der Waals surface area contributed by atoms with Crippen molar-refractivity contribution < 1.29 is 29.0 Å². The number of aliphatic hydroxyl groups is 1. The van der Waals surface area contributed by atoms with Crippen LogP contribution in [0.4, 0.5) is 0 Å². The molecule has 286 valence electrons. The minimum absolute atomic E-state index is 0.0534. The van der Waals surface area contributed by atoms with Crippen LogP contribution in [-0.4, -0.2) is 53.2 Å². The number of hydrogen-bond donors (Lipinski definition) is 4. The number of aromatic amines is 1. The van der Waals surface area contributed by atoms with Crippen molar-refractivity contribution in [3.8, 4) is 5.75 Å². The number of aliphatic hydroxyl groups excluding tert-OH is 1. The van der Waals surface area contributed by atoms with Crippen LogP contribution in [0.5, 0.6) is 5.75 Å². The first-order chi connectivity index (χ1) is 26.8. The van der Waals surface area contributed by atoms with Gasteiger partial charge in [0, 0.05) is 23.5 Å². The summed E-state index contributed by atoms with van der Waals surface area (Å²) in [4.78, 5) is 43.9. The predicted molar refractivity (Wildman–Crippen MR) is 216 cm³/mol. The molecule has 0 aliphatic rings. The highest BCUT2D eigenvalue weighted by Gasteiger charge is 2.27. The Kier molecular flexibility index (Phi) is 15.4. The molecule has 0 fully saturated rings. The summed E-state index contributed by atoms with van der Waals surface area (Å²) < 4.78 is 11.8. The molecule has 0 aliphatic carbocycles. The van der Waals surface area contributed by atoms with E-state index in [1.807, 2.05) is 115 Å². The van der Waals surface area contributed by atoms with Crippen molar-refractivity contribution in [3.05, 3.63) is 163 Å². The molecule has 0 saturated heterocycles. The minimum Gasteiger partial charge on any atom is -0.489 e. The van der Waals surface area contributed by atoms with Crippen molar-refractivity contribution in [2.45, 2.75) is 57.2 Å². The van der Waals surface area contributed by atoms with E-state index >= 15 is 0 Å². The van der Waals surface area contributed by atoms with Crippen LogP contribution in [0.2, 0.25) is 0 Å². The molecule has 4 N–H and O–H groups in total. The molecule has 4 unspecified atom stereocenters. The summed E-state index contributed by atoms with van der Waals surface area (Å²) in [6.07, 6.45) is 7.11. The van der Waals surface area contributed by atoms with Gasteiger partial charge in [-0.15, -0.1) is 13.2 Å². The number of rotatable bonds is 22. The van der Waals surface area contributed by atoms with Crippen molar-refractivity contribution in [2.24, 2.45) is 11.8 Å². The number of fused-ring (bicyclic) bond motifs is 1. The van der Waals surface area contributed by atoms with Crippen molar-refractivity contribution in [2.75, 3.05) is 13.2 Å². The van der Waals surface area contributed by atoms with Gasteiger partial charge in [-0.3, -0.25) is 14.4 Å². The lowest BCUT2D eigenvalue weighted by molar-refractivity contribution is -0.149. The number of para-hydroxylation sites is 1. The first kappa shape index (κ1) is 40.3. The number of ether oxygens (including phenoxy) is 2. The third kappa shape index (κ3) is 12.6. The summed E-state index contributed by atoms with van der Waals surface area (Å²) >= 11 is 0. The molecule has 2 amide bonds. The van der Waals surface area contributed by atoms with Gasteiger partial charge in [0.2, 0.25) is 11.8 Å². The molecule has 0 radical (unpaired) electrons. The van der Waals surface area contributed by atoms with Gasteiger partial charge >= 0.3 is 5.97 Å². The Bertz CT molecular complexity index is 1980. The number of allylic oxidation sites excluding steroid dienone is 2. The summed E-state index contributed by atoms with van der Waals surface area (Å²) in [6, 6.07) is 33.9. The number of H-pyrrole nitrogens is 1. The lowest BCUT2D eigenvalue weighted by Gasteiger charge is -2.24. The Balaban J connectivity index is 1.20. The van der Waals surface area contributed by atoms with Gasteiger partial charge in [0.25, 0.3) is 0 Å². The highest BCUT2D eigenvalue weighted by molar-refractivity contribution is 5.87. The largest absolute Gasteiger partial charge is 0.489 e. The lowest BCUT2D eigenvalue weighted by atomic mass is 9.96. The van der Waals surface area contributed by atoms with E-state index in [1.54, 1.807) is 12.2 Å². The Morgan fingerprint density at radius 3 is 2.04 bits per heavy atom. The van der Waals surface area contributed by atoms with Gasteiger partial charge in [-0.1, -0.05) is 103 Å². The lowest BCUT2D eigenvalue weighted by Crippen LogP contribution is -2.45.